The minimum atomic E-state index is 0.0588. The monoisotopic (exact) mass is 328 g/mol. The second-order valence-electron chi connectivity index (χ2n) is 6.29. The SMILES string of the molecule is Cc1csc(CCCCNC(=O)c2ccc3c(c2)CCCC3)n1. The normalized spacial score (nSPS) is 13.6. The highest BCUT2D eigenvalue weighted by molar-refractivity contribution is 7.09. The summed E-state index contributed by atoms with van der Waals surface area (Å²) in [5.41, 5.74) is 4.70. The molecule has 1 N–H and O–H groups in total. The molecular formula is C19H24N2OS. The van der Waals surface area contributed by atoms with Crippen LogP contribution in [-0.2, 0) is 19.3 Å². The van der Waals surface area contributed by atoms with Gasteiger partial charge < -0.3 is 5.32 Å². The molecular weight excluding hydrogens is 304 g/mol. The van der Waals surface area contributed by atoms with Crippen LogP contribution < -0.4 is 5.32 Å². The molecule has 2 aromatic rings. The average Bonchev–Trinajstić information content (AvgIpc) is 2.99. The van der Waals surface area contributed by atoms with Gasteiger partial charge in [-0.2, -0.15) is 0 Å². The first-order valence-electron chi connectivity index (χ1n) is 8.53. The summed E-state index contributed by atoms with van der Waals surface area (Å²) in [5.74, 6) is 0.0588. The van der Waals surface area contributed by atoms with E-state index in [9.17, 15) is 4.79 Å². The minimum absolute atomic E-state index is 0.0588. The second-order valence-corrected chi connectivity index (χ2v) is 7.23. The maximum atomic E-state index is 12.2. The molecule has 1 aliphatic rings. The van der Waals surface area contributed by atoms with Crippen LogP contribution in [0.5, 0.6) is 0 Å². The fraction of sp³-hybridized carbons (Fsp3) is 0.474. The van der Waals surface area contributed by atoms with E-state index in [0.717, 1.165) is 49.9 Å². The Hall–Kier alpha value is -1.68. The van der Waals surface area contributed by atoms with Crippen molar-refractivity contribution in [2.45, 2.75) is 51.9 Å². The zero-order valence-corrected chi connectivity index (χ0v) is 14.5. The highest BCUT2D eigenvalue weighted by atomic mass is 32.1. The zero-order chi connectivity index (χ0) is 16.1. The number of unbranched alkanes of at least 4 members (excludes halogenated alkanes) is 1. The van der Waals surface area contributed by atoms with E-state index in [1.807, 2.05) is 13.0 Å². The standard InChI is InChI=1S/C19H24N2OS/c1-14-13-23-18(21-14)8-4-5-11-20-19(22)17-10-9-15-6-2-3-7-16(15)12-17/h9-10,12-13H,2-8,11H2,1H3,(H,20,22). The molecule has 0 bridgehead atoms. The Labute approximate surface area is 142 Å². The fourth-order valence-corrected chi connectivity index (χ4v) is 3.92. The van der Waals surface area contributed by atoms with Gasteiger partial charge in [-0.25, -0.2) is 4.98 Å². The number of aromatic nitrogens is 1. The molecule has 0 atom stereocenters. The van der Waals surface area contributed by atoms with Gasteiger partial charge in [0.05, 0.1) is 5.01 Å². The van der Waals surface area contributed by atoms with Crippen LogP contribution in [0.1, 0.15) is 57.9 Å². The molecule has 1 aromatic carbocycles. The molecule has 1 aromatic heterocycles. The molecule has 3 nitrogen and oxygen atoms in total. The molecule has 1 aliphatic carbocycles. The van der Waals surface area contributed by atoms with Crippen molar-refractivity contribution in [1.29, 1.82) is 0 Å². The summed E-state index contributed by atoms with van der Waals surface area (Å²) in [6.45, 7) is 2.76. The van der Waals surface area contributed by atoms with Crippen LogP contribution in [0.25, 0.3) is 0 Å². The number of thiazole rings is 1. The number of carbonyl (C=O) groups excluding carboxylic acids is 1. The van der Waals surface area contributed by atoms with Crippen molar-refractivity contribution in [2.75, 3.05) is 6.54 Å². The van der Waals surface area contributed by atoms with E-state index in [0.29, 0.717) is 0 Å². The van der Waals surface area contributed by atoms with Gasteiger partial charge in [0.15, 0.2) is 0 Å². The number of aryl methyl sites for hydroxylation is 4. The first kappa shape index (κ1) is 16.2. The molecule has 0 saturated heterocycles. The first-order chi connectivity index (χ1) is 11.2. The maximum absolute atomic E-state index is 12.2. The van der Waals surface area contributed by atoms with E-state index in [1.54, 1.807) is 11.3 Å². The molecule has 122 valence electrons. The topological polar surface area (TPSA) is 42.0 Å². The zero-order valence-electron chi connectivity index (χ0n) is 13.7. The summed E-state index contributed by atoms with van der Waals surface area (Å²) in [6, 6.07) is 6.19. The summed E-state index contributed by atoms with van der Waals surface area (Å²) in [6.07, 6.45) is 7.86. The van der Waals surface area contributed by atoms with Crippen molar-refractivity contribution in [3.05, 3.63) is 51.0 Å². The maximum Gasteiger partial charge on any atom is 0.251 e. The van der Waals surface area contributed by atoms with Gasteiger partial charge in [-0.15, -0.1) is 11.3 Å². The van der Waals surface area contributed by atoms with E-state index in [-0.39, 0.29) is 5.91 Å². The Morgan fingerprint density at radius 3 is 2.83 bits per heavy atom. The summed E-state index contributed by atoms with van der Waals surface area (Å²) in [7, 11) is 0. The number of hydrogen-bond donors (Lipinski definition) is 1. The Morgan fingerprint density at radius 1 is 1.22 bits per heavy atom. The summed E-state index contributed by atoms with van der Waals surface area (Å²) >= 11 is 1.73. The van der Waals surface area contributed by atoms with Gasteiger partial charge in [-0.1, -0.05) is 6.07 Å². The van der Waals surface area contributed by atoms with Gasteiger partial charge >= 0.3 is 0 Å². The number of hydrogen-bond acceptors (Lipinski definition) is 3. The van der Waals surface area contributed by atoms with E-state index < -0.39 is 0 Å². The highest BCUT2D eigenvalue weighted by Crippen LogP contribution is 2.22. The van der Waals surface area contributed by atoms with Crippen molar-refractivity contribution in [1.82, 2.24) is 10.3 Å². The van der Waals surface area contributed by atoms with E-state index in [4.69, 9.17) is 0 Å². The smallest absolute Gasteiger partial charge is 0.251 e. The Morgan fingerprint density at radius 2 is 2.04 bits per heavy atom. The van der Waals surface area contributed by atoms with E-state index in [1.165, 1.54) is 29.0 Å². The minimum Gasteiger partial charge on any atom is -0.352 e. The number of rotatable bonds is 6. The number of nitrogens with zero attached hydrogens (tertiary/aromatic N) is 1. The Bertz CT molecular complexity index is 678. The summed E-state index contributed by atoms with van der Waals surface area (Å²) in [4.78, 5) is 16.7. The van der Waals surface area contributed by atoms with Crippen molar-refractivity contribution >= 4 is 17.2 Å². The Balaban J connectivity index is 1.42. The van der Waals surface area contributed by atoms with E-state index in [2.05, 4.69) is 27.8 Å². The molecule has 0 spiro atoms. The van der Waals surface area contributed by atoms with Gasteiger partial charge in [-0.05, 0) is 75.1 Å². The molecule has 4 heteroatoms. The fourth-order valence-electron chi connectivity index (χ4n) is 3.10. The number of nitrogens with one attached hydrogen (secondary N) is 1. The molecule has 0 saturated carbocycles. The van der Waals surface area contributed by atoms with Crippen LogP contribution in [0.15, 0.2) is 23.6 Å². The molecule has 23 heavy (non-hydrogen) atoms. The number of amides is 1. The van der Waals surface area contributed by atoms with Crippen LogP contribution >= 0.6 is 11.3 Å². The largest absolute Gasteiger partial charge is 0.352 e. The van der Waals surface area contributed by atoms with Crippen molar-refractivity contribution in [3.63, 3.8) is 0 Å². The second kappa shape index (κ2) is 7.73. The molecule has 1 heterocycles. The predicted molar refractivity (Wildman–Crippen MR) is 95.2 cm³/mol. The Kier molecular flexibility index (Phi) is 5.44. The number of benzene rings is 1. The average molecular weight is 328 g/mol. The third-order valence-corrected chi connectivity index (χ3v) is 5.41. The van der Waals surface area contributed by atoms with E-state index >= 15 is 0 Å². The van der Waals surface area contributed by atoms with Gasteiger partial charge in [-0.3, -0.25) is 4.79 Å². The van der Waals surface area contributed by atoms with Crippen LogP contribution in [-0.4, -0.2) is 17.4 Å². The van der Waals surface area contributed by atoms with Gasteiger partial charge in [0, 0.05) is 23.2 Å². The first-order valence-corrected chi connectivity index (χ1v) is 9.41. The molecule has 0 fully saturated rings. The molecule has 3 rings (SSSR count). The van der Waals surface area contributed by atoms with Gasteiger partial charge in [0.2, 0.25) is 0 Å². The van der Waals surface area contributed by atoms with Crippen molar-refractivity contribution in [3.8, 4) is 0 Å². The summed E-state index contributed by atoms with van der Waals surface area (Å²) < 4.78 is 0. The lowest BCUT2D eigenvalue weighted by atomic mass is 9.90. The van der Waals surface area contributed by atoms with Crippen LogP contribution in [0.4, 0.5) is 0 Å². The lowest BCUT2D eigenvalue weighted by molar-refractivity contribution is 0.0953. The third-order valence-electron chi connectivity index (χ3n) is 4.38. The van der Waals surface area contributed by atoms with Crippen LogP contribution in [0, 0.1) is 6.92 Å². The molecule has 1 amide bonds. The van der Waals surface area contributed by atoms with Crippen molar-refractivity contribution in [2.24, 2.45) is 0 Å². The summed E-state index contributed by atoms with van der Waals surface area (Å²) in [5, 5.41) is 6.33. The quantitative estimate of drug-likeness (QED) is 0.812. The highest BCUT2D eigenvalue weighted by Gasteiger charge is 2.12. The number of carbonyl (C=O) groups is 1. The van der Waals surface area contributed by atoms with Gasteiger partial charge in [0.25, 0.3) is 5.91 Å². The molecule has 0 radical (unpaired) electrons. The lowest BCUT2D eigenvalue weighted by Crippen LogP contribution is -2.24. The van der Waals surface area contributed by atoms with Gasteiger partial charge in [0.1, 0.15) is 0 Å². The molecule has 0 aliphatic heterocycles. The molecule has 0 unspecified atom stereocenters. The van der Waals surface area contributed by atoms with Crippen LogP contribution in [0.2, 0.25) is 0 Å². The predicted octanol–water partition coefficient (Wildman–Crippen LogP) is 4.08. The number of fused-ring (bicyclic) bond motifs is 1. The van der Waals surface area contributed by atoms with Crippen LogP contribution in [0.3, 0.4) is 0 Å². The third kappa shape index (κ3) is 4.41. The lowest BCUT2D eigenvalue weighted by Gasteiger charge is -2.16. The van der Waals surface area contributed by atoms with Crippen molar-refractivity contribution < 1.29 is 4.79 Å².